The molecule has 5 N–H and O–H groups in total. The third-order valence-electron chi connectivity index (χ3n) is 4.17. The number of thioether (sulfide) groups is 2. The molecule has 1 aromatic carbocycles. The molecular formula is C21H35N3O3S2. The third-order valence-corrected chi connectivity index (χ3v) is 6.38. The molecule has 0 radical (unpaired) electrons. The lowest BCUT2D eigenvalue weighted by molar-refractivity contribution is -0.131. The normalized spacial score (nSPS) is 13.4. The number of aliphatic hydroxyl groups is 1. The highest BCUT2D eigenvalue weighted by molar-refractivity contribution is 7.99. The first-order valence-corrected chi connectivity index (χ1v) is 12.1. The van der Waals surface area contributed by atoms with E-state index in [4.69, 9.17) is 5.73 Å². The van der Waals surface area contributed by atoms with Gasteiger partial charge in [0.15, 0.2) is 0 Å². The van der Waals surface area contributed by atoms with E-state index in [2.05, 4.69) is 38.5 Å². The lowest BCUT2D eigenvalue weighted by Crippen LogP contribution is -2.52. The van der Waals surface area contributed by atoms with Gasteiger partial charge in [0, 0.05) is 16.5 Å². The molecule has 0 aliphatic rings. The molecule has 2 atom stereocenters. The SMILES string of the molecule is CC(C)CCCSc1cccc(C(=O)NNC(=O)C(O)[C@H](N)CCSC(C)C)c1. The smallest absolute Gasteiger partial charge is 0.269 e. The van der Waals surface area contributed by atoms with Crippen LogP contribution in [0.5, 0.6) is 0 Å². The monoisotopic (exact) mass is 441 g/mol. The molecule has 1 unspecified atom stereocenters. The summed E-state index contributed by atoms with van der Waals surface area (Å²) in [7, 11) is 0. The molecule has 1 rings (SSSR count). The van der Waals surface area contributed by atoms with Gasteiger partial charge in [-0.2, -0.15) is 11.8 Å². The van der Waals surface area contributed by atoms with Crippen LogP contribution in [0, 0.1) is 5.92 Å². The minimum Gasteiger partial charge on any atom is -0.382 e. The summed E-state index contributed by atoms with van der Waals surface area (Å²) in [6, 6.07) is 6.59. The van der Waals surface area contributed by atoms with E-state index < -0.39 is 24.0 Å². The molecule has 0 spiro atoms. The Bertz CT molecular complexity index is 641. The van der Waals surface area contributed by atoms with Gasteiger partial charge in [0.05, 0.1) is 0 Å². The lowest BCUT2D eigenvalue weighted by Gasteiger charge is -2.19. The maximum Gasteiger partial charge on any atom is 0.269 e. The molecule has 29 heavy (non-hydrogen) atoms. The molecule has 8 heteroatoms. The second kappa shape index (κ2) is 13.9. The summed E-state index contributed by atoms with van der Waals surface area (Å²) in [5.41, 5.74) is 10.9. The van der Waals surface area contributed by atoms with E-state index in [1.807, 2.05) is 12.1 Å². The Labute approximate surface area is 183 Å². The molecule has 0 saturated carbocycles. The van der Waals surface area contributed by atoms with Gasteiger partial charge in [-0.15, -0.1) is 11.8 Å². The van der Waals surface area contributed by atoms with Crippen LogP contribution in [0.2, 0.25) is 0 Å². The standard InChI is InChI=1S/C21H35N3O3S2/c1-14(2)7-6-11-29-17-9-5-8-16(13-17)20(26)23-24-21(27)19(25)18(22)10-12-28-15(3)4/h5,8-9,13-15,18-19,25H,6-7,10-12,22H2,1-4H3,(H,23,26)(H,24,27)/t18-,19?/m1/s1. The number of rotatable bonds is 12. The summed E-state index contributed by atoms with van der Waals surface area (Å²) < 4.78 is 0. The van der Waals surface area contributed by atoms with Gasteiger partial charge in [-0.3, -0.25) is 20.4 Å². The largest absolute Gasteiger partial charge is 0.382 e. The first kappa shape index (κ1) is 25.8. The fourth-order valence-corrected chi connectivity index (χ4v) is 4.28. The van der Waals surface area contributed by atoms with E-state index in [0.29, 0.717) is 23.2 Å². The first-order chi connectivity index (χ1) is 13.7. The van der Waals surface area contributed by atoms with Crippen LogP contribution in [0.25, 0.3) is 0 Å². The summed E-state index contributed by atoms with van der Waals surface area (Å²) in [6.07, 6.45) is 1.45. The van der Waals surface area contributed by atoms with E-state index in [9.17, 15) is 14.7 Å². The molecule has 1 aromatic rings. The molecule has 0 saturated heterocycles. The van der Waals surface area contributed by atoms with Crippen molar-refractivity contribution >= 4 is 35.3 Å². The van der Waals surface area contributed by atoms with Gasteiger partial charge in [-0.1, -0.05) is 40.2 Å². The number of nitrogens with one attached hydrogen (secondary N) is 2. The zero-order valence-electron chi connectivity index (χ0n) is 17.8. The number of benzene rings is 1. The summed E-state index contributed by atoms with van der Waals surface area (Å²) in [5.74, 6) is 1.31. The number of carbonyl (C=O) groups is 2. The zero-order chi connectivity index (χ0) is 21.8. The van der Waals surface area contributed by atoms with Gasteiger partial charge in [0.1, 0.15) is 6.10 Å². The topological polar surface area (TPSA) is 104 Å². The van der Waals surface area contributed by atoms with Crippen molar-refractivity contribution in [2.45, 2.75) is 69.2 Å². The van der Waals surface area contributed by atoms with Crippen LogP contribution < -0.4 is 16.6 Å². The Hall–Kier alpha value is -1.22. The minimum atomic E-state index is -1.37. The van der Waals surface area contributed by atoms with Crippen molar-refractivity contribution in [1.82, 2.24) is 10.9 Å². The predicted octanol–water partition coefficient (Wildman–Crippen LogP) is 3.20. The molecular weight excluding hydrogens is 406 g/mol. The molecule has 0 heterocycles. The molecule has 0 fully saturated rings. The van der Waals surface area contributed by atoms with Crippen LogP contribution in [0.1, 0.15) is 57.3 Å². The molecule has 0 bridgehead atoms. The van der Waals surface area contributed by atoms with Crippen molar-refractivity contribution in [1.29, 1.82) is 0 Å². The number of nitrogens with two attached hydrogens (primary N) is 1. The average Bonchev–Trinajstić information content (AvgIpc) is 2.68. The van der Waals surface area contributed by atoms with Crippen molar-refractivity contribution in [3.8, 4) is 0 Å². The van der Waals surface area contributed by atoms with Crippen molar-refractivity contribution in [3.05, 3.63) is 29.8 Å². The third kappa shape index (κ3) is 10.9. The van der Waals surface area contributed by atoms with Crippen LogP contribution in [-0.2, 0) is 4.79 Å². The Morgan fingerprint density at radius 2 is 1.83 bits per heavy atom. The Morgan fingerprint density at radius 1 is 1.10 bits per heavy atom. The quantitative estimate of drug-likeness (QED) is 0.226. The highest BCUT2D eigenvalue weighted by atomic mass is 32.2. The van der Waals surface area contributed by atoms with E-state index in [0.717, 1.165) is 22.8 Å². The van der Waals surface area contributed by atoms with Crippen LogP contribution in [0.4, 0.5) is 0 Å². The van der Waals surface area contributed by atoms with E-state index >= 15 is 0 Å². The fraction of sp³-hybridized carbons (Fsp3) is 0.619. The Kier molecular flexibility index (Phi) is 12.4. The van der Waals surface area contributed by atoms with Crippen LogP contribution >= 0.6 is 23.5 Å². The van der Waals surface area contributed by atoms with E-state index in [1.165, 1.54) is 6.42 Å². The van der Waals surface area contributed by atoms with Gasteiger partial charge in [0.2, 0.25) is 0 Å². The number of hydrogen-bond donors (Lipinski definition) is 4. The zero-order valence-corrected chi connectivity index (χ0v) is 19.4. The molecule has 6 nitrogen and oxygen atoms in total. The Balaban J connectivity index is 2.44. The van der Waals surface area contributed by atoms with Gasteiger partial charge in [-0.05, 0) is 53.7 Å². The number of hydrogen-bond acceptors (Lipinski definition) is 6. The van der Waals surface area contributed by atoms with Crippen molar-refractivity contribution < 1.29 is 14.7 Å². The number of aliphatic hydroxyl groups excluding tert-OH is 1. The van der Waals surface area contributed by atoms with Gasteiger partial charge < -0.3 is 10.8 Å². The van der Waals surface area contributed by atoms with E-state index in [-0.39, 0.29) is 0 Å². The summed E-state index contributed by atoms with van der Waals surface area (Å²) in [4.78, 5) is 25.4. The van der Waals surface area contributed by atoms with E-state index in [1.54, 1.807) is 35.7 Å². The van der Waals surface area contributed by atoms with Gasteiger partial charge in [-0.25, -0.2) is 0 Å². The number of amides is 2. The van der Waals surface area contributed by atoms with Crippen LogP contribution in [0.15, 0.2) is 29.2 Å². The predicted molar refractivity (Wildman–Crippen MR) is 123 cm³/mol. The van der Waals surface area contributed by atoms with Crippen molar-refractivity contribution in [2.24, 2.45) is 11.7 Å². The van der Waals surface area contributed by atoms with Crippen LogP contribution in [-0.4, -0.2) is 45.8 Å². The lowest BCUT2D eigenvalue weighted by atomic mass is 10.1. The highest BCUT2D eigenvalue weighted by Gasteiger charge is 2.23. The summed E-state index contributed by atoms with van der Waals surface area (Å²) >= 11 is 3.43. The second-order valence-corrected chi connectivity index (χ2v) is 10.5. The Morgan fingerprint density at radius 3 is 2.48 bits per heavy atom. The molecule has 164 valence electrons. The number of carbonyl (C=O) groups excluding carboxylic acids is 2. The maximum absolute atomic E-state index is 12.3. The molecule has 0 aromatic heterocycles. The summed E-state index contributed by atoms with van der Waals surface area (Å²) in [5, 5.41) is 10.5. The van der Waals surface area contributed by atoms with Crippen molar-refractivity contribution in [2.75, 3.05) is 11.5 Å². The first-order valence-electron chi connectivity index (χ1n) is 10.1. The highest BCUT2D eigenvalue weighted by Crippen LogP contribution is 2.21. The number of hydrazine groups is 1. The van der Waals surface area contributed by atoms with Gasteiger partial charge >= 0.3 is 0 Å². The molecule has 0 aliphatic carbocycles. The second-order valence-electron chi connectivity index (χ2n) is 7.67. The fourth-order valence-electron chi connectivity index (χ4n) is 2.47. The molecule has 2 amide bonds. The average molecular weight is 442 g/mol. The van der Waals surface area contributed by atoms with Crippen LogP contribution in [0.3, 0.4) is 0 Å². The maximum atomic E-state index is 12.3. The molecule has 0 aliphatic heterocycles. The van der Waals surface area contributed by atoms with Crippen molar-refractivity contribution in [3.63, 3.8) is 0 Å². The van der Waals surface area contributed by atoms with Gasteiger partial charge in [0.25, 0.3) is 11.8 Å². The minimum absolute atomic E-state index is 0.431. The summed E-state index contributed by atoms with van der Waals surface area (Å²) in [6.45, 7) is 8.57.